The fourth-order valence-electron chi connectivity index (χ4n) is 0.433. The number of nitrogens with two attached hydrogens (primary N) is 1. The first kappa shape index (κ1) is 11.2. The minimum absolute atomic E-state index is 0.664. The molecule has 0 aliphatic carbocycles. The number of rotatable bonds is 4. The van der Waals surface area contributed by atoms with Crippen LogP contribution in [0.5, 0.6) is 0 Å². The van der Waals surface area contributed by atoms with Crippen molar-refractivity contribution in [3.8, 4) is 0 Å². The summed E-state index contributed by atoms with van der Waals surface area (Å²) in [6, 6.07) is -0.820. The molecule has 12 heavy (non-hydrogen) atoms. The summed E-state index contributed by atoms with van der Waals surface area (Å²) in [5.41, 5.74) is 5.09. The van der Waals surface area contributed by atoms with Gasteiger partial charge in [-0.2, -0.15) is 0 Å². The van der Waals surface area contributed by atoms with E-state index in [0.717, 1.165) is 0 Å². The van der Waals surface area contributed by atoms with Gasteiger partial charge in [-0.3, -0.25) is 4.79 Å². The van der Waals surface area contributed by atoms with E-state index < -0.39 is 31.0 Å². The molecule has 0 bridgehead atoms. The van der Waals surface area contributed by atoms with Crippen LogP contribution in [0.2, 0.25) is 0 Å². The van der Waals surface area contributed by atoms with Crippen LogP contribution in [0.25, 0.3) is 0 Å². The lowest BCUT2D eigenvalue weighted by molar-refractivity contribution is -0.124. The van der Waals surface area contributed by atoms with Crippen molar-refractivity contribution in [2.75, 3.05) is 13.2 Å². The molecule has 0 aliphatic heterocycles. The summed E-state index contributed by atoms with van der Waals surface area (Å²) < 4.78 is 24.5. The van der Waals surface area contributed by atoms with E-state index in [9.17, 15) is 13.6 Å². The summed E-state index contributed by atoms with van der Waals surface area (Å²) in [7, 11) is 0. The van der Waals surface area contributed by atoms with Gasteiger partial charge in [-0.1, -0.05) is 0 Å². The van der Waals surface area contributed by atoms with Gasteiger partial charge in [0.1, 0.15) is 6.61 Å². The third kappa shape index (κ3) is 4.20. The van der Waals surface area contributed by atoms with Gasteiger partial charge < -0.3 is 16.2 Å². The summed E-state index contributed by atoms with van der Waals surface area (Å²) in [4.78, 5) is 10.7. The Bertz CT molecular complexity index is 162. The largest absolute Gasteiger partial charge is 0.390 e. The van der Waals surface area contributed by atoms with E-state index in [0.29, 0.717) is 0 Å². The molecule has 0 unspecified atom stereocenters. The minimum Gasteiger partial charge on any atom is -0.390 e. The molecule has 0 aromatic heterocycles. The number of carbonyl (C=O) groups is 1. The second-order valence-corrected chi connectivity index (χ2v) is 2.52. The van der Waals surface area contributed by atoms with Crippen LogP contribution in [-0.4, -0.2) is 36.1 Å². The fourth-order valence-corrected chi connectivity index (χ4v) is 0.433. The van der Waals surface area contributed by atoms with Gasteiger partial charge in [0.05, 0.1) is 12.6 Å². The van der Waals surface area contributed by atoms with Gasteiger partial charge in [0.2, 0.25) is 5.91 Å². The Kier molecular flexibility index (Phi) is 4.05. The highest BCUT2D eigenvalue weighted by molar-refractivity contribution is 5.80. The average Bonchev–Trinajstić information content (AvgIpc) is 2.00. The third-order valence-corrected chi connectivity index (χ3v) is 1.17. The second kappa shape index (κ2) is 4.32. The number of amides is 1. The lowest BCUT2D eigenvalue weighted by Crippen LogP contribution is -2.45. The maximum Gasteiger partial charge on any atom is 0.287 e. The standard InChI is InChI=1S/C6H12F2N2O2/c1-4(9)5(12)10-2-6(7,8)3-11/h4,11H,2-3,9H2,1H3,(H,10,12)/t4-/m0/s1. The maximum atomic E-state index is 12.3. The van der Waals surface area contributed by atoms with Crippen LogP contribution >= 0.6 is 0 Å². The van der Waals surface area contributed by atoms with Crippen LogP contribution in [-0.2, 0) is 4.79 Å². The molecule has 0 radical (unpaired) electrons. The Morgan fingerprint density at radius 1 is 1.75 bits per heavy atom. The maximum absolute atomic E-state index is 12.3. The summed E-state index contributed by atoms with van der Waals surface area (Å²) in [5, 5.41) is 10.0. The molecular weight excluding hydrogens is 170 g/mol. The molecule has 72 valence electrons. The number of halogens is 2. The van der Waals surface area contributed by atoms with E-state index in [-0.39, 0.29) is 0 Å². The molecule has 0 aromatic rings. The van der Waals surface area contributed by atoms with Crippen LogP contribution in [0, 0.1) is 0 Å². The van der Waals surface area contributed by atoms with Crippen LogP contribution in [0.4, 0.5) is 8.78 Å². The zero-order valence-electron chi connectivity index (χ0n) is 6.68. The van der Waals surface area contributed by atoms with Crippen LogP contribution in [0.15, 0.2) is 0 Å². The molecule has 0 aliphatic rings. The zero-order valence-corrected chi connectivity index (χ0v) is 6.68. The second-order valence-electron chi connectivity index (χ2n) is 2.52. The molecule has 4 N–H and O–H groups in total. The first-order chi connectivity index (χ1) is 5.39. The zero-order chi connectivity index (χ0) is 9.78. The number of hydrogen-bond acceptors (Lipinski definition) is 3. The Labute approximate surface area is 68.7 Å². The predicted molar refractivity (Wildman–Crippen MR) is 38.7 cm³/mol. The number of carbonyl (C=O) groups excluding carboxylic acids is 1. The highest BCUT2D eigenvalue weighted by Gasteiger charge is 2.28. The molecule has 1 atom stereocenters. The smallest absolute Gasteiger partial charge is 0.287 e. The predicted octanol–water partition coefficient (Wildman–Crippen LogP) is -0.923. The molecule has 1 amide bonds. The third-order valence-electron chi connectivity index (χ3n) is 1.17. The molecule has 0 saturated heterocycles. The van der Waals surface area contributed by atoms with Gasteiger partial charge in [0.25, 0.3) is 5.92 Å². The van der Waals surface area contributed by atoms with Gasteiger partial charge in [-0.05, 0) is 6.92 Å². The lowest BCUT2D eigenvalue weighted by atomic mass is 10.3. The van der Waals surface area contributed by atoms with Crippen molar-refractivity contribution < 1.29 is 18.7 Å². The van der Waals surface area contributed by atoms with E-state index in [1.54, 1.807) is 0 Å². The van der Waals surface area contributed by atoms with E-state index in [4.69, 9.17) is 10.8 Å². The molecule has 4 nitrogen and oxygen atoms in total. The van der Waals surface area contributed by atoms with Gasteiger partial charge in [0.15, 0.2) is 0 Å². The Morgan fingerprint density at radius 3 is 2.58 bits per heavy atom. The van der Waals surface area contributed by atoms with Crippen LogP contribution < -0.4 is 11.1 Å². The average molecular weight is 182 g/mol. The molecule has 0 fully saturated rings. The number of aliphatic hydroxyl groups is 1. The first-order valence-electron chi connectivity index (χ1n) is 3.41. The van der Waals surface area contributed by atoms with Crippen molar-refractivity contribution in [1.82, 2.24) is 5.32 Å². The van der Waals surface area contributed by atoms with Gasteiger partial charge >= 0.3 is 0 Å². The molecule has 0 rings (SSSR count). The number of nitrogens with one attached hydrogen (secondary N) is 1. The summed E-state index contributed by atoms with van der Waals surface area (Å²) in [6.07, 6.45) is 0. The van der Waals surface area contributed by atoms with Crippen molar-refractivity contribution >= 4 is 5.91 Å². The van der Waals surface area contributed by atoms with Crippen molar-refractivity contribution in [1.29, 1.82) is 0 Å². The molecule has 0 heterocycles. The van der Waals surface area contributed by atoms with Crippen molar-refractivity contribution in [3.05, 3.63) is 0 Å². The molecular formula is C6H12F2N2O2. The molecule has 0 saturated carbocycles. The normalized spacial score (nSPS) is 14.1. The van der Waals surface area contributed by atoms with Gasteiger partial charge in [0, 0.05) is 0 Å². The Hall–Kier alpha value is -0.750. The van der Waals surface area contributed by atoms with Crippen molar-refractivity contribution in [3.63, 3.8) is 0 Å². The Balaban J connectivity index is 3.76. The quantitative estimate of drug-likeness (QED) is 0.526. The van der Waals surface area contributed by atoms with Crippen molar-refractivity contribution in [2.45, 2.75) is 18.9 Å². The van der Waals surface area contributed by atoms with E-state index in [1.165, 1.54) is 6.92 Å². The Morgan fingerprint density at radius 2 is 2.25 bits per heavy atom. The molecule has 6 heteroatoms. The number of aliphatic hydroxyl groups excluding tert-OH is 1. The topological polar surface area (TPSA) is 75.4 Å². The summed E-state index contributed by atoms with van der Waals surface area (Å²) >= 11 is 0. The number of alkyl halides is 2. The fraction of sp³-hybridized carbons (Fsp3) is 0.833. The highest BCUT2D eigenvalue weighted by Crippen LogP contribution is 2.09. The van der Waals surface area contributed by atoms with Crippen molar-refractivity contribution in [2.24, 2.45) is 5.73 Å². The van der Waals surface area contributed by atoms with Gasteiger partial charge in [-0.25, -0.2) is 8.78 Å². The van der Waals surface area contributed by atoms with Crippen LogP contribution in [0.1, 0.15) is 6.92 Å². The van der Waals surface area contributed by atoms with Crippen LogP contribution in [0.3, 0.4) is 0 Å². The van der Waals surface area contributed by atoms with Gasteiger partial charge in [-0.15, -0.1) is 0 Å². The highest BCUT2D eigenvalue weighted by atomic mass is 19.3. The number of hydrogen-bond donors (Lipinski definition) is 3. The van der Waals surface area contributed by atoms with E-state index in [1.807, 2.05) is 5.32 Å². The monoisotopic (exact) mass is 182 g/mol. The first-order valence-corrected chi connectivity index (χ1v) is 3.41. The summed E-state index contributed by atoms with van der Waals surface area (Å²) in [5.74, 6) is -3.94. The summed E-state index contributed by atoms with van der Waals surface area (Å²) in [6.45, 7) is -0.789. The molecule has 0 spiro atoms. The SMILES string of the molecule is C[C@H](N)C(=O)NCC(F)(F)CO. The van der Waals surface area contributed by atoms with E-state index >= 15 is 0 Å². The lowest BCUT2D eigenvalue weighted by Gasteiger charge is -2.14. The minimum atomic E-state index is -3.27. The molecule has 0 aromatic carbocycles. The van der Waals surface area contributed by atoms with E-state index in [2.05, 4.69) is 0 Å².